The van der Waals surface area contributed by atoms with Gasteiger partial charge in [0.25, 0.3) is 0 Å². The maximum atomic E-state index is 9.97. The Bertz CT molecular complexity index is 1260. The van der Waals surface area contributed by atoms with Crippen LogP contribution in [0.15, 0.2) is 76.7 Å². The topological polar surface area (TPSA) is 69.9 Å². The van der Waals surface area contributed by atoms with E-state index < -0.39 is 20.0 Å². The minimum Gasteiger partial charge on any atom is -0.368 e. The maximum Gasteiger partial charge on any atom is 0.671 e. The standard InChI is InChI=1S/C21H12Br9ClO4Si/c22-11-4-1-8(15(25)18(11)28)14(35-36(32,33)34)7-21(31,9-2-5-12(23)19(29)16(9)26)10-3-6-13(24)20(30)17(10)27/h1-6,14,32-34H,7H2. The molecular formula is C21H12Br9ClO4Si. The molecule has 36 heavy (non-hydrogen) atoms. The highest BCUT2D eigenvalue weighted by atomic mass is 79.9. The van der Waals surface area contributed by atoms with E-state index in [1.54, 1.807) is 12.1 Å². The van der Waals surface area contributed by atoms with Gasteiger partial charge in [0.15, 0.2) is 0 Å². The Kier molecular flexibility index (Phi) is 11.9. The van der Waals surface area contributed by atoms with Gasteiger partial charge in [-0.2, -0.15) is 0 Å². The lowest BCUT2D eigenvalue weighted by molar-refractivity contribution is 0.0151. The van der Waals surface area contributed by atoms with Crippen LogP contribution in [0.5, 0.6) is 0 Å². The smallest absolute Gasteiger partial charge is 0.368 e. The third kappa shape index (κ3) is 7.20. The summed E-state index contributed by atoms with van der Waals surface area (Å²) in [6.07, 6.45) is -1.05. The highest BCUT2D eigenvalue weighted by molar-refractivity contribution is 9.15. The predicted molar refractivity (Wildman–Crippen MR) is 176 cm³/mol. The average Bonchev–Trinajstić information content (AvgIpc) is 2.78. The van der Waals surface area contributed by atoms with Crippen LogP contribution in [0, 0.1) is 0 Å². The minimum atomic E-state index is -4.99. The van der Waals surface area contributed by atoms with E-state index in [0.29, 0.717) is 34.6 Å². The quantitative estimate of drug-likeness (QED) is 0.125. The van der Waals surface area contributed by atoms with Crippen molar-refractivity contribution >= 4 is 164 Å². The van der Waals surface area contributed by atoms with Crippen LogP contribution >= 0.6 is 155 Å². The Hall–Kier alpha value is 2.33. The van der Waals surface area contributed by atoms with Gasteiger partial charge in [0.2, 0.25) is 0 Å². The summed E-state index contributed by atoms with van der Waals surface area (Å²) in [4.78, 5) is 28.6. The molecule has 0 radical (unpaired) electrons. The van der Waals surface area contributed by atoms with Crippen molar-refractivity contribution in [3.63, 3.8) is 0 Å². The summed E-state index contributed by atoms with van der Waals surface area (Å²) in [7, 11) is -4.99. The number of alkyl halides is 1. The van der Waals surface area contributed by atoms with Crippen molar-refractivity contribution in [1.29, 1.82) is 0 Å². The summed E-state index contributed by atoms with van der Waals surface area (Å²) in [6.45, 7) is 0. The van der Waals surface area contributed by atoms with Crippen LogP contribution in [0.3, 0.4) is 0 Å². The van der Waals surface area contributed by atoms with Crippen LogP contribution < -0.4 is 0 Å². The first-order valence-corrected chi connectivity index (χ1v) is 18.8. The molecule has 3 aromatic rings. The Labute approximate surface area is 289 Å². The first-order chi connectivity index (χ1) is 16.6. The van der Waals surface area contributed by atoms with Gasteiger partial charge >= 0.3 is 9.05 Å². The summed E-state index contributed by atoms with van der Waals surface area (Å²) in [6, 6.07) is 11.0. The lowest BCUT2D eigenvalue weighted by Gasteiger charge is -2.35. The van der Waals surface area contributed by atoms with Crippen LogP contribution in [0.25, 0.3) is 0 Å². The van der Waals surface area contributed by atoms with E-state index in [1.165, 1.54) is 0 Å². The fourth-order valence-corrected chi connectivity index (χ4v) is 9.57. The van der Waals surface area contributed by atoms with E-state index in [4.69, 9.17) is 16.0 Å². The predicted octanol–water partition coefficient (Wildman–Crippen LogP) is 10.6. The van der Waals surface area contributed by atoms with Crippen LogP contribution in [0.1, 0.15) is 29.2 Å². The first-order valence-electron chi connectivity index (χ1n) is 9.53. The van der Waals surface area contributed by atoms with E-state index in [2.05, 4.69) is 143 Å². The molecule has 0 saturated heterocycles. The number of hydrogen-bond donors (Lipinski definition) is 3. The fourth-order valence-electron chi connectivity index (χ4n) is 3.48. The fraction of sp³-hybridized carbons (Fsp3) is 0.143. The molecular weight excluding hydrogens is 1100 g/mol. The van der Waals surface area contributed by atoms with E-state index in [-0.39, 0.29) is 6.42 Å². The van der Waals surface area contributed by atoms with Crippen molar-refractivity contribution in [2.24, 2.45) is 0 Å². The lowest BCUT2D eigenvalue weighted by atomic mass is 9.84. The van der Waals surface area contributed by atoms with Crippen LogP contribution in [0.2, 0.25) is 0 Å². The minimum absolute atomic E-state index is 0.00297. The van der Waals surface area contributed by atoms with Crippen LogP contribution in [-0.4, -0.2) is 23.4 Å². The van der Waals surface area contributed by atoms with Crippen molar-refractivity contribution in [1.82, 2.24) is 0 Å². The molecule has 3 rings (SSSR count). The number of benzene rings is 3. The Balaban J connectivity index is 2.33. The molecule has 0 aliphatic rings. The summed E-state index contributed by atoms with van der Waals surface area (Å²) < 4.78 is 12.1. The highest BCUT2D eigenvalue weighted by Crippen LogP contribution is 2.54. The molecule has 15 heteroatoms. The Morgan fingerprint density at radius 3 is 1.44 bits per heavy atom. The van der Waals surface area contributed by atoms with E-state index >= 15 is 0 Å². The van der Waals surface area contributed by atoms with Crippen molar-refractivity contribution < 1.29 is 18.8 Å². The molecule has 0 heterocycles. The van der Waals surface area contributed by atoms with Crippen LogP contribution in [0.4, 0.5) is 0 Å². The zero-order chi connectivity index (χ0) is 27.2. The number of rotatable bonds is 7. The zero-order valence-corrected chi connectivity index (χ0v) is 33.3. The maximum absolute atomic E-state index is 9.97. The molecule has 4 nitrogen and oxygen atoms in total. The number of hydrogen-bond acceptors (Lipinski definition) is 4. The normalized spacial score (nSPS) is 13.2. The van der Waals surface area contributed by atoms with Gasteiger partial charge in [-0.05, 0) is 178 Å². The monoisotopic (exact) mass is 1100 g/mol. The second kappa shape index (κ2) is 13.1. The Morgan fingerprint density at radius 2 is 1.03 bits per heavy atom. The molecule has 0 aromatic heterocycles. The molecule has 0 saturated carbocycles. The van der Waals surface area contributed by atoms with E-state index in [9.17, 15) is 14.4 Å². The lowest BCUT2D eigenvalue weighted by Crippen LogP contribution is -2.41. The number of halogens is 10. The van der Waals surface area contributed by atoms with Gasteiger partial charge in [-0.15, -0.1) is 11.6 Å². The molecule has 3 N–H and O–H groups in total. The van der Waals surface area contributed by atoms with E-state index in [0.717, 1.165) is 22.4 Å². The first kappa shape index (κ1) is 32.8. The van der Waals surface area contributed by atoms with Crippen molar-refractivity contribution in [3.05, 3.63) is 93.3 Å². The largest absolute Gasteiger partial charge is 0.671 e. The van der Waals surface area contributed by atoms with Gasteiger partial charge in [-0.25, -0.2) is 0 Å². The molecule has 0 aliphatic carbocycles. The highest BCUT2D eigenvalue weighted by Gasteiger charge is 2.44. The molecule has 0 amide bonds. The molecule has 0 spiro atoms. The van der Waals surface area contributed by atoms with Gasteiger partial charge in [0.05, 0.1) is 11.0 Å². The molecule has 1 atom stereocenters. The summed E-state index contributed by atoms with van der Waals surface area (Å²) in [5, 5.41) is 0. The molecule has 1 unspecified atom stereocenters. The van der Waals surface area contributed by atoms with Crippen molar-refractivity contribution in [3.8, 4) is 0 Å². The molecule has 0 fully saturated rings. The molecule has 3 aromatic carbocycles. The van der Waals surface area contributed by atoms with Gasteiger partial charge in [0.1, 0.15) is 0 Å². The van der Waals surface area contributed by atoms with Crippen molar-refractivity contribution in [2.75, 3.05) is 0 Å². The summed E-state index contributed by atoms with van der Waals surface area (Å²) in [5.41, 5.74) is 1.90. The van der Waals surface area contributed by atoms with E-state index in [1.807, 2.05) is 24.3 Å². The summed E-state index contributed by atoms with van der Waals surface area (Å²) >= 11 is 39.6. The second-order valence-electron chi connectivity index (χ2n) is 7.40. The van der Waals surface area contributed by atoms with Gasteiger partial charge < -0.3 is 18.8 Å². The average molecular weight is 1110 g/mol. The molecule has 0 bridgehead atoms. The van der Waals surface area contributed by atoms with Gasteiger partial charge in [-0.1, -0.05) is 18.2 Å². The second-order valence-corrected chi connectivity index (χ2v) is 16.7. The van der Waals surface area contributed by atoms with Crippen molar-refractivity contribution in [2.45, 2.75) is 17.4 Å². The summed E-state index contributed by atoms with van der Waals surface area (Å²) in [5.74, 6) is 0. The Morgan fingerprint density at radius 1 is 0.639 bits per heavy atom. The zero-order valence-electron chi connectivity index (χ0n) is 17.3. The van der Waals surface area contributed by atoms with Crippen LogP contribution in [-0.2, 0) is 9.30 Å². The third-order valence-corrected chi connectivity index (χ3v) is 16.4. The van der Waals surface area contributed by atoms with Gasteiger partial charge in [-0.3, -0.25) is 0 Å². The molecule has 0 aliphatic heterocycles. The SMILES string of the molecule is O[Si](O)(O)OC(CC(Cl)(c1ccc(Br)c(Br)c1Br)c1ccc(Br)c(Br)c1Br)c1ccc(Br)c(Br)c1Br. The molecule has 194 valence electrons. The van der Waals surface area contributed by atoms with Gasteiger partial charge in [0, 0.05) is 46.7 Å². The third-order valence-electron chi connectivity index (χ3n) is 5.10.